The molecule has 1 aromatic heterocycles. The number of nitrogens with one attached hydrogen (secondary N) is 2. The van der Waals surface area contributed by atoms with Crippen molar-refractivity contribution in [2.45, 2.75) is 59.9 Å². The Kier molecular flexibility index (Phi) is 5.50. The summed E-state index contributed by atoms with van der Waals surface area (Å²) in [5.74, 6) is -0.152. The molecule has 6 heteroatoms. The molecule has 1 heterocycles. The quantitative estimate of drug-likeness (QED) is 0.845. The fourth-order valence-corrected chi connectivity index (χ4v) is 3.01. The highest BCUT2D eigenvalue weighted by Gasteiger charge is 2.28. The van der Waals surface area contributed by atoms with E-state index in [9.17, 15) is 4.79 Å². The smallest absolute Gasteiger partial charge is 0.282 e. The van der Waals surface area contributed by atoms with E-state index in [2.05, 4.69) is 48.5 Å². The molecule has 5 nitrogen and oxygen atoms in total. The van der Waals surface area contributed by atoms with Gasteiger partial charge in [-0.1, -0.05) is 39.0 Å². The first kappa shape index (κ1) is 16.9. The van der Waals surface area contributed by atoms with Crippen LogP contribution in [0.4, 0.5) is 5.13 Å². The molecule has 0 radical (unpaired) electrons. The number of hydrogen-bond acceptors (Lipinski definition) is 5. The van der Waals surface area contributed by atoms with Crippen molar-refractivity contribution in [2.24, 2.45) is 5.41 Å². The molecule has 0 atom stereocenters. The molecule has 1 aromatic rings. The Bertz CT molecular complexity index is 448. The zero-order chi connectivity index (χ0) is 15.4. The molecule has 1 amide bonds. The molecule has 0 fully saturated rings. The van der Waals surface area contributed by atoms with Gasteiger partial charge in [-0.3, -0.25) is 4.79 Å². The number of anilines is 1. The van der Waals surface area contributed by atoms with E-state index in [4.69, 9.17) is 0 Å². The second kappa shape index (κ2) is 6.52. The van der Waals surface area contributed by atoms with Crippen LogP contribution >= 0.6 is 11.3 Å². The second-order valence-corrected chi connectivity index (χ2v) is 7.89. The summed E-state index contributed by atoms with van der Waals surface area (Å²) in [6, 6.07) is 0. The van der Waals surface area contributed by atoms with Crippen LogP contribution in [0.3, 0.4) is 0 Å². The van der Waals surface area contributed by atoms with Crippen LogP contribution in [0.15, 0.2) is 0 Å². The molecule has 1 rings (SSSR count). The van der Waals surface area contributed by atoms with E-state index in [0.717, 1.165) is 19.4 Å². The lowest BCUT2D eigenvalue weighted by Crippen LogP contribution is -2.45. The lowest BCUT2D eigenvalue weighted by molar-refractivity contribution is 0.0890. The standard InChI is InChI=1S/C14H26N4OS/c1-7-8-15-12-18-17-11(20-12)10(19)16-14(5,6)9-13(2,3)4/h7-9H2,1-6H3,(H,15,18)(H,16,19). The first-order chi connectivity index (χ1) is 9.13. The van der Waals surface area contributed by atoms with Gasteiger partial charge >= 0.3 is 0 Å². The zero-order valence-corrected chi connectivity index (χ0v) is 14.1. The highest BCUT2D eigenvalue weighted by atomic mass is 32.1. The lowest BCUT2D eigenvalue weighted by atomic mass is 9.82. The summed E-state index contributed by atoms with van der Waals surface area (Å²) < 4.78 is 0. The predicted molar refractivity (Wildman–Crippen MR) is 84.3 cm³/mol. The number of aromatic nitrogens is 2. The Morgan fingerprint density at radius 2 is 1.85 bits per heavy atom. The summed E-state index contributed by atoms with van der Waals surface area (Å²) in [6.07, 6.45) is 1.91. The first-order valence-corrected chi connectivity index (χ1v) is 7.84. The van der Waals surface area contributed by atoms with E-state index < -0.39 is 0 Å². The van der Waals surface area contributed by atoms with Crippen molar-refractivity contribution >= 4 is 22.4 Å². The van der Waals surface area contributed by atoms with Crippen molar-refractivity contribution in [3.8, 4) is 0 Å². The number of carbonyl (C=O) groups is 1. The maximum absolute atomic E-state index is 12.2. The number of rotatable bonds is 6. The number of nitrogens with zero attached hydrogens (tertiary/aromatic N) is 2. The Morgan fingerprint density at radius 1 is 1.20 bits per heavy atom. The van der Waals surface area contributed by atoms with Crippen molar-refractivity contribution in [1.82, 2.24) is 15.5 Å². The van der Waals surface area contributed by atoms with Gasteiger partial charge in [-0.05, 0) is 32.1 Å². The summed E-state index contributed by atoms with van der Waals surface area (Å²) in [7, 11) is 0. The molecule has 0 saturated heterocycles. The van der Waals surface area contributed by atoms with Crippen molar-refractivity contribution in [1.29, 1.82) is 0 Å². The van der Waals surface area contributed by atoms with Gasteiger partial charge in [0.2, 0.25) is 10.1 Å². The number of amides is 1. The maximum atomic E-state index is 12.2. The molecule has 0 aliphatic carbocycles. The van der Waals surface area contributed by atoms with Gasteiger partial charge in [0.15, 0.2) is 0 Å². The zero-order valence-electron chi connectivity index (χ0n) is 13.3. The average Bonchev–Trinajstić information content (AvgIpc) is 2.70. The van der Waals surface area contributed by atoms with Gasteiger partial charge in [0, 0.05) is 12.1 Å². The Morgan fingerprint density at radius 3 is 2.40 bits per heavy atom. The van der Waals surface area contributed by atoms with E-state index in [0.29, 0.717) is 10.1 Å². The SMILES string of the molecule is CCCNc1nnc(C(=O)NC(C)(C)CC(C)(C)C)s1. The molecule has 2 N–H and O–H groups in total. The van der Waals surface area contributed by atoms with Gasteiger partial charge in [-0.25, -0.2) is 0 Å². The number of carbonyl (C=O) groups excluding carboxylic acids is 1. The largest absolute Gasteiger partial charge is 0.360 e. The van der Waals surface area contributed by atoms with E-state index in [-0.39, 0.29) is 16.9 Å². The fourth-order valence-electron chi connectivity index (χ4n) is 2.35. The summed E-state index contributed by atoms with van der Waals surface area (Å²) >= 11 is 1.29. The minimum atomic E-state index is -0.266. The normalized spacial score (nSPS) is 12.3. The molecule has 0 spiro atoms. The summed E-state index contributed by atoms with van der Waals surface area (Å²) in [5, 5.41) is 15.2. The van der Waals surface area contributed by atoms with Crippen LogP contribution in [-0.2, 0) is 0 Å². The third-order valence-corrected chi connectivity index (χ3v) is 3.45. The molecule has 0 aliphatic heterocycles. The third kappa shape index (κ3) is 5.86. The minimum Gasteiger partial charge on any atom is -0.360 e. The van der Waals surface area contributed by atoms with Gasteiger partial charge < -0.3 is 10.6 Å². The van der Waals surface area contributed by atoms with Crippen LogP contribution in [0.1, 0.15) is 64.2 Å². The molecular weight excluding hydrogens is 272 g/mol. The van der Waals surface area contributed by atoms with Crippen molar-refractivity contribution in [2.75, 3.05) is 11.9 Å². The lowest BCUT2D eigenvalue weighted by Gasteiger charge is -2.32. The van der Waals surface area contributed by atoms with Gasteiger partial charge in [-0.2, -0.15) is 0 Å². The van der Waals surface area contributed by atoms with Crippen LogP contribution in [0.5, 0.6) is 0 Å². The molecule has 20 heavy (non-hydrogen) atoms. The molecule has 114 valence electrons. The summed E-state index contributed by atoms with van der Waals surface area (Å²) in [4.78, 5) is 12.2. The Hall–Kier alpha value is -1.17. The summed E-state index contributed by atoms with van der Waals surface area (Å²) in [6.45, 7) is 13.5. The van der Waals surface area contributed by atoms with Crippen LogP contribution < -0.4 is 10.6 Å². The van der Waals surface area contributed by atoms with E-state index in [1.807, 2.05) is 13.8 Å². The van der Waals surface area contributed by atoms with Crippen LogP contribution in [0.2, 0.25) is 0 Å². The van der Waals surface area contributed by atoms with Gasteiger partial charge in [-0.15, -0.1) is 10.2 Å². The molecule has 0 aromatic carbocycles. The highest BCUT2D eigenvalue weighted by molar-refractivity contribution is 7.17. The van der Waals surface area contributed by atoms with Crippen molar-refractivity contribution in [3.63, 3.8) is 0 Å². The second-order valence-electron chi connectivity index (χ2n) is 6.91. The summed E-state index contributed by atoms with van der Waals surface area (Å²) in [5.41, 5.74) is -0.107. The molecule has 0 aliphatic rings. The Labute approximate surface area is 125 Å². The molecule has 0 unspecified atom stereocenters. The van der Waals surface area contributed by atoms with E-state index in [1.165, 1.54) is 11.3 Å². The van der Waals surface area contributed by atoms with Crippen LogP contribution in [0, 0.1) is 5.41 Å². The van der Waals surface area contributed by atoms with Crippen molar-refractivity contribution < 1.29 is 4.79 Å². The van der Waals surface area contributed by atoms with E-state index >= 15 is 0 Å². The van der Waals surface area contributed by atoms with Gasteiger partial charge in [0.05, 0.1) is 0 Å². The predicted octanol–water partition coefficient (Wildman–Crippen LogP) is 3.30. The topological polar surface area (TPSA) is 66.9 Å². The fraction of sp³-hybridized carbons (Fsp3) is 0.786. The van der Waals surface area contributed by atoms with Crippen LogP contribution in [0.25, 0.3) is 0 Å². The molecular formula is C14H26N4OS. The van der Waals surface area contributed by atoms with E-state index in [1.54, 1.807) is 0 Å². The molecule has 0 saturated carbocycles. The third-order valence-electron chi connectivity index (χ3n) is 2.57. The first-order valence-electron chi connectivity index (χ1n) is 7.03. The Balaban J connectivity index is 2.64. The van der Waals surface area contributed by atoms with Gasteiger partial charge in [0.1, 0.15) is 0 Å². The monoisotopic (exact) mass is 298 g/mol. The van der Waals surface area contributed by atoms with Crippen LogP contribution in [-0.4, -0.2) is 28.2 Å². The van der Waals surface area contributed by atoms with Gasteiger partial charge in [0.25, 0.3) is 5.91 Å². The van der Waals surface area contributed by atoms with Crippen molar-refractivity contribution in [3.05, 3.63) is 5.01 Å². The number of hydrogen-bond donors (Lipinski definition) is 2. The molecule has 0 bridgehead atoms. The maximum Gasteiger partial charge on any atom is 0.282 e. The minimum absolute atomic E-state index is 0.152. The average molecular weight is 298 g/mol. The highest BCUT2D eigenvalue weighted by Crippen LogP contribution is 2.27.